The fourth-order valence-corrected chi connectivity index (χ4v) is 4.74. The average Bonchev–Trinajstić information content (AvgIpc) is 3.08. The highest BCUT2D eigenvalue weighted by atomic mass is 16.4. The van der Waals surface area contributed by atoms with Gasteiger partial charge in [-0.25, -0.2) is 0 Å². The molecule has 3 heterocycles. The smallest absolute Gasteiger partial charge is 0.214 e. The summed E-state index contributed by atoms with van der Waals surface area (Å²) in [4.78, 5) is 17.1. The van der Waals surface area contributed by atoms with E-state index in [0.29, 0.717) is 0 Å². The van der Waals surface area contributed by atoms with E-state index in [4.69, 9.17) is 0 Å². The number of H-pyrrole nitrogens is 1. The Bertz CT molecular complexity index is 1000. The number of rotatable bonds is 1. The minimum Gasteiger partial charge on any atom is -0.388 e. The van der Waals surface area contributed by atoms with E-state index in [2.05, 4.69) is 52.4 Å². The minimum absolute atomic E-state index is 0.0263. The van der Waals surface area contributed by atoms with Crippen LogP contribution < -0.4 is 10.3 Å². The third-order valence-electron chi connectivity index (χ3n) is 6.12. The SMILES string of the molecule is CC1(C)CN(C=O)c2cc3c4c([nH]c3cc21)C1=NNC=C(CCC4)CC1.COC. The summed E-state index contributed by atoms with van der Waals surface area (Å²) in [6.07, 6.45) is 8.36. The molecular formula is C23H30N4O2. The molecule has 2 bridgehead atoms. The summed E-state index contributed by atoms with van der Waals surface area (Å²) in [6.45, 7) is 5.15. The number of allylic oxidation sites excluding steroid dienone is 1. The van der Waals surface area contributed by atoms with Crippen LogP contribution in [0.1, 0.15) is 56.4 Å². The normalized spacial score (nSPS) is 19.4. The van der Waals surface area contributed by atoms with Crippen molar-refractivity contribution < 1.29 is 9.53 Å². The lowest BCUT2D eigenvalue weighted by molar-refractivity contribution is -0.107. The molecule has 0 atom stereocenters. The number of fused-ring (bicyclic) bond motifs is 8. The molecule has 0 radical (unpaired) electrons. The molecule has 1 amide bonds. The molecule has 6 heteroatoms. The predicted octanol–water partition coefficient (Wildman–Crippen LogP) is 3.99. The predicted molar refractivity (Wildman–Crippen MR) is 118 cm³/mol. The van der Waals surface area contributed by atoms with Gasteiger partial charge in [-0.05, 0) is 55.4 Å². The van der Waals surface area contributed by atoms with E-state index in [1.54, 1.807) is 14.2 Å². The van der Waals surface area contributed by atoms with Gasteiger partial charge in [0.25, 0.3) is 0 Å². The molecule has 0 saturated heterocycles. The molecule has 6 nitrogen and oxygen atoms in total. The summed E-state index contributed by atoms with van der Waals surface area (Å²) in [5, 5.41) is 5.85. The van der Waals surface area contributed by atoms with Gasteiger partial charge in [0.1, 0.15) is 0 Å². The largest absolute Gasteiger partial charge is 0.388 e. The minimum atomic E-state index is -0.0263. The highest BCUT2D eigenvalue weighted by Gasteiger charge is 2.36. The molecule has 1 aliphatic carbocycles. The molecular weight excluding hydrogens is 364 g/mol. The molecule has 3 aliphatic rings. The highest BCUT2D eigenvalue weighted by Crippen LogP contribution is 2.43. The Balaban J connectivity index is 0.000000645. The molecule has 154 valence electrons. The molecule has 0 unspecified atom stereocenters. The van der Waals surface area contributed by atoms with E-state index in [-0.39, 0.29) is 5.41 Å². The van der Waals surface area contributed by atoms with Crippen molar-refractivity contribution in [2.75, 3.05) is 25.7 Å². The monoisotopic (exact) mass is 394 g/mol. The Morgan fingerprint density at radius 3 is 2.72 bits per heavy atom. The number of amides is 1. The number of hydrazone groups is 1. The topological polar surface area (TPSA) is 69.7 Å². The summed E-state index contributed by atoms with van der Waals surface area (Å²) in [7, 11) is 3.25. The van der Waals surface area contributed by atoms with Gasteiger partial charge >= 0.3 is 0 Å². The maximum Gasteiger partial charge on any atom is 0.214 e. The van der Waals surface area contributed by atoms with Gasteiger partial charge < -0.3 is 14.6 Å². The second kappa shape index (κ2) is 7.67. The van der Waals surface area contributed by atoms with Gasteiger partial charge in [0.2, 0.25) is 6.41 Å². The van der Waals surface area contributed by atoms with Gasteiger partial charge in [-0.3, -0.25) is 10.2 Å². The van der Waals surface area contributed by atoms with Gasteiger partial charge in [-0.1, -0.05) is 19.4 Å². The fourth-order valence-electron chi connectivity index (χ4n) is 4.74. The van der Waals surface area contributed by atoms with E-state index >= 15 is 0 Å². The van der Waals surface area contributed by atoms with Gasteiger partial charge in [-0.15, -0.1) is 0 Å². The quantitative estimate of drug-likeness (QED) is 0.719. The van der Waals surface area contributed by atoms with Crippen LogP contribution in [-0.2, 0) is 21.4 Å². The summed E-state index contributed by atoms with van der Waals surface area (Å²) in [5.74, 6) is 0. The van der Waals surface area contributed by atoms with Gasteiger partial charge in [-0.2, -0.15) is 5.10 Å². The molecule has 0 saturated carbocycles. The summed E-state index contributed by atoms with van der Waals surface area (Å²) in [6, 6.07) is 4.47. The summed E-state index contributed by atoms with van der Waals surface area (Å²) >= 11 is 0. The second-order valence-electron chi connectivity index (χ2n) is 8.76. The number of carbonyl (C=O) groups is 1. The number of ether oxygens (including phenoxy) is 1. The molecule has 0 fully saturated rings. The molecule has 2 N–H and O–H groups in total. The number of nitrogens with one attached hydrogen (secondary N) is 2. The third kappa shape index (κ3) is 3.46. The van der Waals surface area contributed by atoms with Crippen LogP contribution in [0.4, 0.5) is 5.69 Å². The first-order valence-electron chi connectivity index (χ1n) is 10.3. The van der Waals surface area contributed by atoms with Crippen molar-refractivity contribution in [3.63, 3.8) is 0 Å². The number of aromatic amines is 1. The Morgan fingerprint density at radius 1 is 1.17 bits per heavy atom. The zero-order chi connectivity index (χ0) is 20.6. The van der Waals surface area contributed by atoms with Crippen LogP contribution in [-0.4, -0.2) is 37.9 Å². The van der Waals surface area contributed by atoms with Crippen LogP contribution in [0, 0.1) is 0 Å². The van der Waals surface area contributed by atoms with Crippen molar-refractivity contribution in [2.24, 2.45) is 5.10 Å². The number of aryl methyl sites for hydroxylation is 1. The van der Waals surface area contributed by atoms with E-state index in [1.807, 2.05) is 4.90 Å². The third-order valence-corrected chi connectivity index (χ3v) is 6.12. The second-order valence-corrected chi connectivity index (χ2v) is 8.76. The van der Waals surface area contributed by atoms with E-state index in [9.17, 15) is 4.79 Å². The number of aromatic nitrogens is 1. The lowest BCUT2D eigenvalue weighted by Crippen LogP contribution is -2.27. The molecule has 1 aromatic heterocycles. The maximum atomic E-state index is 11.6. The Morgan fingerprint density at radius 2 is 1.97 bits per heavy atom. The number of hydrogen-bond acceptors (Lipinski definition) is 4. The van der Waals surface area contributed by atoms with Crippen molar-refractivity contribution >= 4 is 28.7 Å². The number of nitrogens with zero attached hydrogens (tertiary/aromatic N) is 2. The zero-order valence-corrected chi connectivity index (χ0v) is 17.8. The number of methoxy groups -OCH3 is 1. The maximum absolute atomic E-state index is 11.6. The molecule has 0 spiro atoms. The zero-order valence-electron chi connectivity index (χ0n) is 17.8. The van der Waals surface area contributed by atoms with Crippen LogP contribution in [0.3, 0.4) is 0 Å². The standard InChI is InChI=1S/C21H24N4O.C2H6O/c1-21(2)11-25(12-26)19-8-15-14-5-3-4-13-6-7-17(24-22-10-13)20(14)23-18(15)9-16(19)21;1-3-2/h8-10,12,22-23H,3-7,11H2,1-2H3;1-2H3. The Kier molecular flexibility index (Phi) is 5.21. The Labute approximate surface area is 172 Å². The number of benzene rings is 1. The van der Waals surface area contributed by atoms with Gasteiger partial charge in [0, 0.05) is 49.0 Å². The molecule has 1 aromatic carbocycles. The van der Waals surface area contributed by atoms with Crippen molar-refractivity contribution in [3.05, 3.63) is 40.7 Å². The van der Waals surface area contributed by atoms with Gasteiger partial charge in [0.15, 0.2) is 0 Å². The van der Waals surface area contributed by atoms with Gasteiger partial charge in [0.05, 0.1) is 11.4 Å². The first kappa shape index (κ1) is 19.7. The Hall–Kier alpha value is -2.60. The van der Waals surface area contributed by atoms with E-state index in [0.717, 1.165) is 62.0 Å². The molecule has 2 aromatic rings. The summed E-state index contributed by atoms with van der Waals surface area (Å²) < 4.78 is 4.25. The highest BCUT2D eigenvalue weighted by molar-refractivity contribution is 6.06. The number of anilines is 1. The van der Waals surface area contributed by atoms with Crippen LogP contribution in [0.15, 0.2) is 29.0 Å². The lowest BCUT2D eigenvalue weighted by atomic mass is 9.86. The van der Waals surface area contributed by atoms with E-state index < -0.39 is 0 Å². The lowest BCUT2D eigenvalue weighted by Gasteiger charge is -2.17. The van der Waals surface area contributed by atoms with Crippen LogP contribution >= 0.6 is 0 Å². The van der Waals surface area contributed by atoms with E-state index in [1.165, 1.54) is 27.8 Å². The first-order chi connectivity index (χ1) is 14.0. The molecule has 2 aliphatic heterocycles. The number of carbonyl (C=O) groups excluding carboxylic acids is 1. The fraction of sp³-hybridized carbons (Fsp3) is 0.478. The average molecular weight is 395 g/mol. The van der Waals surface area contributed by atoms with Crippen molar-refractivity contribution in [1.29, 1.82) is 0 Å². The van der Waals surface area contributed by atoms with Crippen LogP contribution in [0.25, 0.3) is 10.9 Å². The number of hydrogen-bond donors (Lipinski definition) is 2. The van der Waals surface area contributed by atoms with Crippen molar-refractivity contribution in [1.82, 2.24) is 10.4 Å². The van der Waals surface area contributed by atoms with Crippen LogP contribution in [0.5, 0.6) is 0 Å². The molecule has 5 rings (SSSR count). The molecule has 29 heavy (non-hydrogen) atoms. The van der Waals surface area contributed by atoms with Crippen molar-refractivity contribution in [2.45, 2.75) is 51.4 Å². The van der Waals surface area contributed by atoms with Crippen molar-refractivity contribution in [3.8, 4) is 0 Å². The first-order valence-corrected chi connectivity index (χ1v) is 10.3. The van der Waals surface area contributed by atoms with Crippen LogP contribution in [0.2, 0.25) is 0 Å². The summed E-state index contributed by atoms with van der Waals surface area (Å²) in [5.41, 5.74) is 11.6.